The van der Waals surface area contributed by atoms with Gasteiger partial charge in [0.1, 0.15) is 18.9 Å². The molecule has 0 saturated carbocycles. The molecule has 1 unspecified atom stereocenters. The average Bonchev–Trinajstić information content (AvgIpc) is 2.69. The first kappa shape index (κ1) is 19.0. The Balaban J connectivity index is 1.72. The van der Waals surface area contributed by atoms with Gasteiger partial charge in [0, 0.05) is 17.0 Å². The number of fused-ring (bicyclic) bond motifs is 3. The maximum absolute atomic E-state index is 13.2. The minimum Gasteiger partial charge on any atom is -0.443 e. The van der Waals surface area contributed by atoms with Crippen LogP contribution in [0.15, 0.2) is 45.6 Å². The minimum atomic E-state index is -0.353. The Morgan fingerprint density at radius 2 is 2.00 bits per heavy atom. The van der Waals surface area contributed by atoms with Gasteiger partial charge in [-0.2, -0.15) is 0 Å². The molecule has 2 aromatic carbocycles. The Morgan fingerprint density at radius 3 is 2.75 bits per heavy atom. The van der Waals surface area contributed by atoms with Crippen LogP contribution in [-0.2, 0) is 19.5 Å². The van der Waals surface area contributed by atoms with Crippen molar-refractivity contribution in [2.45, 2.75) is 39.3 Å². The molecule has 1 aliphatic rings. The zero-order chi connectivity index (χ0) is 19.7. The first-order valence-electron chi connectivity index (χ1n) is 9.54. The lowest BCUT2D eigenvalue weighted by molar-refractivity contribution is -0.945. The van der Waals surface area contributed by atoms with Gasteiger partial charge in [-0.15, -0.1) is 0 Å². The summed E-state index contributed by atoms with van der Waals surface area (Å²) in [5.41, 5.74) is 3.01. The molecule has 6 heteroatoms. The van der Waals surface area contributed by atoms with Gasteiger partial charge in [0.25, 0.3) is 0 Å². The van der Waals surface area contributed by atoms with Crippen molar-refractivity contribution in [1.29, 1.82) is 0 Å². The zero-order valence-corrected chi connectivity index (χ0v) is 16.4. The molecule has 0 radical (unpaired) electrons. The van der Waals surface area contributed by atoms with Crippen LogP contribution in [0.4, 0.5) is 4.39 Å². The van der Waals surface area contributed by atoms with E-state index in [9.17, 15) is 9.18 Å². The van der Waals surface area contributed by atoms with Crippen molar-refractivity contribution in [3.63, 3.8) is 0 Å². The van der Waals surface area contributed by atoms with E-state index in [0.29, 0.717) is 36.2 Å². The van der Waals surface area contributed by atoms with E-state index in [-0.39, 0.29) is 11.4 Å². The fourth-order valence-corrected chi connectivity index (χ4v) is 4.02. The van der Waals surface area contributed by atoms with Gasteiger partial charge >= 0.3 is 5.63 Å². The Kier molecular flexibility index (Phi) is 5.38. The topological polar surface area (TPSA) is 43.9 Å². The standard InChI is InChI=1S/C22H21ClFNO3/c1-2-3-4-15-9-20(26)28-21-17(15)10-19(23)22-18(21)12-25(13-27-22)11-14-5-7-16(24)8-6-14/h5-10H,2-4,11-13H2,1H3/p+1. The number of benzene rings is 2. The van der Waals surface area contributed by atoms with E-state index >= 15 is 0 Å². The first-order valence-corrected chi connectivity index (χ1v) is 9.92. The lowest BCUT2D eigenvalue weighted by Gasteiger charge is -2.27. The zero-order valence-electron chi connectivity index (χ0n) is 15.7. The van der Waals surface area contributed by atoms with Gasteiger partial charge in [-0.3, -0.25) is 4.90 Å². The van der Waals surface area contributed by atoms with Crippen LogP contribution in [0.1, 0.15) is 36.5 Å². The Hall–Kier alpha value is -2.37. The number of unbranched alkanes of at least 4 members (excludes halogenated alkanes) is 1. The second-order valence-electron chi connectivity index (χ2n) is 7.26. The molecule has 1 atom stereocenters. The van der Waals surface area contributed by atoms with E-state index in [0.717, 1.165) is 46.2 Å². The van der Waals surface area contributed by atoms with Crippen molar-refractivity contribution < 1.29 is 18.4 Å². The molecule has 1 N–H and O–H groups in total. The molecule has 1 aromatic heterocycles. The maximum Gasteiger partial charge on any atom is 0.336 e. The van der Waals surface area contributed by atoms with Gasteiger partial charge in [0.05, 0.1) is 10.6 Å². The molecule has 2 heterocycles. The summed E-state index contributed by atoms with van der Waals surface area (Å²) in [6, 6.07) is 9.87. The van der Waals surface area contributed by atoms with Crippen molar-refractivity contribution in [3.05, 3.63) is 74.3 Å². The van der Waals surface area contributed by atoms with E-state index < -0.39 is 0 Å². The number of hydrogen-bond acceptors (Lipinski definition) is 3. The van der Waals surface area contributed by atoms with Crippen LogP contribution in [0.3, 0.4) is 0 Å². The number of nitrogens with one attached hydrogen (secondary N) is 1. The summed E-state index contributed by atoms with van der Waals surface area (Å²) in [7, 11) is 0. The summed E-state index contributed by atoms with van der Waals surface area (Å²) < 4.78 is 24.7. The summed E-state index contributed by atoms with van der Waals surface area (Å²) in [4.78, 5) is 13.3. The Morgan fingerprint density at radius 1 is 1.21 bits per heavy atom. The molecule has 3 aromatic rings. The predicted molar refractivity (Wildman–Crippen MR) is 106 cm³/mol. The summed E-state index contributed by atoms with van der Waals surface area (Å²) in [5.74, 6) is 0.339. The number of quaternary nitrogens is 1. The van der Waals surface area contributed by atoms with Crippen molar-refractivity contribution in [2.24, 2.45) is 0 Å². The second kappa shape index (κ2) is 7.94. The van der Waals surface area contributed by atoms with Crippen molar-refractivity contribution in [3.8, 4) is 5.75 Å². The number of aryl methyl sites for hydroxylation is 1. The van der Waals surface area contributed by atoms with Crippen LogP contribution in [0.2, 0.25) is 5.02 Å². The van der Waals surface area contributed by atoms with Gasteiger partial charge in [-0.05, 0) is 36.6 Å². The number of hydrogen-bond donors (Lipinski definition) is 1. The molecule has 146 valence electrons. The van der Waals surface area contributed by atoms with Crippen molar-refractivity contribution >= 4 is 22.6 Å². The fourth-order valence-electron chi connectivity index (χ4n) is 3.74. The van der Waals surface area contributed by atoms with E-state index in [1.54, 1.807) is 18.2 Å². The molecule has 4 rings (SSSR count). The summed E-state index contributed by atoms with van der Waals surface area (Å²) in [5, 5.41) is 1.42. The molecular weight excluding hydrogens is 381 g/mol. The van der Waals surface area contributed by atoms with Gasteiger partial charge in [-0.1, -0.05) is 37.1 Å². The predicted octanol–water partition coefficient (Wildman–Crippen LogP) is 3.86. The molecule has 0 fully saturated rings. The van der Waals surface area contributed by atoms with E-state index in [4.69, 9.17) is 20.8 Å². The van der Waals surface area contributed by atoms with Gasteiger partial charge in [-0.25, -0.2) is 9.18 Å². The Labute approximate surface area is 167 Å². The van der Waals surface area contributed by atoms with Crippen LogP contribution < -0.4 is 15.3 Å². The fraction of sp³-hybridized carbons (Fsp3) is 0.318. The normalized spacial score (nSPS) is 16.0. The van der Waals surface area contributed by atoms with Crippen LogP contribution in [0.25, 0.3) is 11.0 Å². The third-order valence-electron chi connectivity index (χ3n) is 5.14. The SMILES string of the molecule is CCCCc1cc(=O)oc2c3c(c(Cl)cc12)OC[NH+](Cc1ccc(F)cc1)C3. The number of rotatable bonds is 5. The molecule has 0 saturated heterocycles. The van der Waals surface area contributed by atoms with E-state index in [1.807, 2.05) is 6.07 Å². The summed E-state index contributed by atoms with van der Waals surface area (Å²) in [6.45, 7) is 3.85. The van der Waals surface area contributed by atoms with Crippen molar-refractivity contribution in [2.75, 3.05) is 6.73 Å². The maximum atomic E-state index is 13.2. The smallest absolute Gasteiger partial charge is 0.336 e. The monoisotopic (exact) mass is 402 g/mol. The van der Waals surface area contributed by atoms with Gasteiger partial charge in [0.15, 0.2) is 11.3 Å². The van der Waals surface area contributed by atoms with Crippen LogP contribution >= 0.6 is 11.6 Å². The van der Waals surface area contributed by atoms with Crippen LogP contribution in [0, 0.1) is 5.82 Å². The molecule has 0 amide bonds. The highest BCUT2D eigenvalue weighted by Crippen LogP contribution is 2.37. The summed E-state index contributed by atoms with van der Waals surface area (Å²) in [6.07, 6.45) is 2.84. The third kappa shape index (κ3) is 3.77. The number of ether oxygens (including phenoxy) is 1. The highest BCUT2D eigenvalue weighted by atomic mass is 35.5. The molecule has 1 aliphatic heterocycles. The first-order chi connectivity index (χ1) is 13.5. The lowest BCUT2D eigenvalue weighted by Crippen LogP contribution is -3.10. The van der Waals surface area contributed by atoms with Gasteiger partial charge < -0.3 is 9.15 Å². The van der Waals surface area contributed by atoms with E-state index in [1.165, 1.54) is 12.1 Å². The van der Waals surface area contributed by atoms with Crippen LogP contribution in [0.5, 0.6) is 5.75 Å². The van der Waals surface area contributed by atoms with Crippen molar-refractivity contribution in [1.82, 2.24) is 0 Å². The second-order valence-corrected chi connectivity index (χ2v) is 7.66. The highest BCUT2D eigenvalue weighted by Gasteiger charge is 2.27. The molecule has 0 spiro atoms. The minimum absolute atomic E-state index is 0.252. The highest BCUT2D eigenvalue weighted by molar-refractivity contribution is 6.33. The quantitative estimate of drug-likeness (QED) is 0.659. The van der Waals surface area contributed by atoms with Gasteiger partial charge in [0.2, 0.25) is 6.73 Å². The average molecular weight is 403 g/mol. The van der Waals surface area contributed by atoms with Crippen LogP contribution in [-0.4, -0.2) is 6.73 Å². The lowest BCUT2D eigenvalue weighted by atomic mass is 10.0. The summed E-state index contributed by atoms with van der Waals surface area (Å²) >= 11 is 6.50. The molecule has 0 aliphatic carbocycles. The molecule has 4 nitrogen and oxygen atoms in total. The molecule has 28 heavy (non-hydrogen) atoms. The largest absolute Gasteiger partial charge is 0.443 e. The molecular formula is C22H22ClFNO3+. The van der Waals surface area contributed by atoms with E-state index in [2.05, 4.69) is 6.92 Å². The molecule has 0 bridgehead atoms. The Bertz CT molecular complexity index is 1060. The third-order valence-corrected chi connectivity index (χ3v) is 5.42. The number of halogens is 2.